The van der Waals surface area contributed by atoms with Crippen molar-refractivity contribution in [1.82, 2.24) is 0 Å². The Hall–Kier alpha value is -0.940. The summed E-state index contributed by atoms with van der Waals surface area (Å²) < 4.78 is 46.0. The molecule has 0 aliphatic carbocycles. The van der Waals surface area contributed by atoms with Gasteiger partial charge in [-0.15, -0.1) is 0 Å². The predicted molar refractivity (Wildman–Crippen MR) is 118 cm³/mol. The average molecular weight is 491 g/mol. The van der Waals surface area contributed by atoms with Crippen LogP contribution in [0.1, 0.15) is 55.7 Å². The van der Waals surface area contributed by atoms with E-state index in [-0.39, 0.29) is 58.2 Å². The van der Waals surface area contributed by atoms with Crippen molar-refractivity contribution in [2.24, 2.45) is 5.41 Å². The van der Waals surface area contributed by atoms with Gasteiger partial charge < -0.3 is 17.1 Å². The smallest absolute Gasteiger partial charge is 1.00 e. The second-order valence-electron chi connectivity index (χ2n) is 7.23. The number of carbonyl (C=O) groups excluding carboxylic acids is 3. The summed E-state index contributed by atoms with van der Waals surface area (Å²) in [5.41, 5.74) is -1.30. The van der Waals surface area contributed by atoms with Gasteiger partial charge in [-0.1, -0.05) is 45.8 Å². The Morgan fingerprint density at radius 1 is 0.935 bits per heavy atom. The number of hydrogen-bond donors (Lipinski definition) is 1. The molecule has 0 radical (unpaired) electrons. The SMILES string of the molecule is C=C(C)C(=O)OCC(CCCCCC)(COC(=O)C(=C)C)C(=O)OCCS(=O)(=O)O.[Ca+2].[H-].[H-]. The Morgan fingerprint density at radius 3 is 1.81 bits per heavy atom. The minimum absolute atomic E-state index is 0. The molecule has 0 amide bonds. The normalized spacial score (nSPS) is 11.1. The standard InChI is InChI=1S/C20H32O9S.Ca.2H/c1-6-7-8-9-10-20(13-28-17(21)15(2)3,14-29-18(22)16(4)5)19(23)27-11-12-30(24,25)26;;;/h2,4,6-14H2,1,3,5H3,(H,24,25,26);;;/q;+2;2*-1. The third-order valence-electron chi connectivity index (χ3n) is 4.17. The van der Waals surface area contributed by atoms with Crippen LogP contribution in [-0.2, 0) is 38.7 Å². The Bertz CT molecular complexity index is 725. The van der Waals surface area contributed by atoms with Crippen LogP contribution < -0.4 is 0 Å². The summed E-state index contributed by atoms with van der Waals surface area (Å²) in [5.74, 6) is -3.15. The molecule has 176 valence electrons. The Labute approximate surface area is 217 Å². The van der Waals surface area contributed by atoms with Gasteiger partial charge in [-0.2, -0.15) is 8.42 Å². The van der Waals surface area contributed by atoms with Crippen LogP contribution in [0, 0.1) is 5.41 Å². The van der Waals surface area contributed by atoms with Crippen LogP contribution in [0.15, 0.2) is 24.3 Å². The maximum atomic E-state index is 12.9. The summed E-state index contributed by atoms with van der Waals surface area (Å²) in [5, 5.41) is 0. The van der Waals surface area contributed by atoms with E-state index in [1.165, 1.54) is 13.8 Å². The van der Waals surface area contributed by atoms with E-state index in [9.17, 15) is 22.8 Å². The number of esters is 3. The number of carbonyl (C=O) groups is 3. The molecule has 0 aliphatic heterocycles. The predicted octanol–water partition coefficient (Wildman–Crippen LogP) is 2.46. The summed E-state index contributed by atoms with van der Waals surface area (Å²) >= 11 is 0. The first-order chi connectivity index (χ1) is 13.8. The molecule has 0 unspecified atom stereocenters. The summed E-state index contributed by atoms with van der Waals surface area (Å²) in [7, 11) is -4.33. The van der Waals surface area contributed by atoms with E-state index in [1.807, 2.05) is 6.92 Å². The first-order valence-corrected chi connectivity index (χ1v) is 11.2. The third-order valence-corrected chi connectivity index (χ3v) is 4.85. The van der Waals surface area contributed by atoms with Crippen molar-refractivity contribution in [2.75, 3.05) is 25.6 Å². The zero-order chi connectivity index (χ0) is 23.4. The van der Waals surface area contributed by atoms with E-state index >= 15 is 0 Å². The fourth-order valence-corrected chi connectivity index (χ4v) is 2.64. The average Bonchev–Trinajstić information content (AvgIpc) is 2.64. The van der Waals surface area contributed by atoms with E-state index in [0.717, 1.165) is 19.3 Å². The number of rotatable bonds is 15. The van der Waals surface area contributed by atoms with Gasteiger partial charge in [0, 0.05) is 11.1 Å². The summed E-state index contributed by atoms with van der Waals surface area (Å²) in [4.78, 5) is 36.6. The minimum atomic E-state index is -4.33. The summed E-state index contributed by atoms with van der Waals surface area (Å²) in [6, 6.07) is 0. The second kappa shape index (κ2) is 15.8. The van der Waals surface area contributed by atoms with Gasteiger partial charge in [0.1, 0.15) is 31.0 Å². The largest absolute Gasteiger partial charge is 2.00 e. The van der Waals surface area contributed by atoms with Gasteiger partial charge in [0.2, 0.25) is 0 Å². The first kappa shape index (κ1) is 32.2. The molecule has 0 spiro atoms. The van der Waals surface area contributed by atoms with Crippen LogP contribution in [-0.4, -0.2) is 94.2 Å². The van der Waals surface area contributed by atoms with E-state index in [4.69, 9.17) is 18.8 Å². The molecule has 0 heterocycles. The van der Waals surface area contributed by atoms with Crippen molar-refractivity contribution < 1.29 is 44.4 Å². The number of unbranched alkanes of at least 4 members (excludes halogenated alkanes) is 3. The number of hydrogen-bond acceptors (Lipinski definition) is 8. The molecular formula is C20H34CaO9S. The fourth-order valence-electron chi connectivity index (χ4n) is 2.34. The van der Waals surface area contributed by atoms with Crippen molar-refractivity contribution in [2.45, 2.75) is 52.9 Å². The van der Waals surface area contributed by atoms with Gasteiger partial charge in [-0.25, -0.2) is 9.59 Å². The summed E-state index contributed by atoms with van der Waals surface area (Å²) in [6.07, 6.45) is 3.35. The maximum Gasteiger partial charge on any atom is 2.00 e. The quantitative estimate of drug-likeness (QED) is 0.0917. The molecule has 11 heteroatoms. The molecular weight excluding hydrogens is 456 g/mol. The Morgan fingerprint density at radius 2 is 1.42 bits per heavy atom. The monoisotopic (exact) mass is 490 g/mol. The van der Waals surface area contributed by atoms with Gasteiger partial charge in [-0.05, 0) is 20.3 Å². The molecule has 0 aliphatic rings. The van der Waals surface area contributed by atoms with E-state index in [2.05, 4.69) is 13.2 Å². The van der Waals surface area contributed by atoms with Crippen LogP contribution in [0.5, 0.6) is 0 Å². The first-order valence-electron chi connectivity index (χ1n) is 9.62. The molecule has 0 aromatic carbocycles. The number of ether oxygens (including phenoxy) is 3. The van der Waals surface area contributed by atoms with Crippen molar-refractivity contribution in [3.05, 3.63) is 24.3 Å². The topological polar surface area (TPSA) is 133 Å². The van der Waals surface area contributed by atoms with Crippen molar-refractivity contribution >= 4 is 65.8 Å². The van der Waals surface area contributed by atoms with Gasteiger partial charge in [0.15, 0.2) is 0 Å². The van der Waals surface area contributed by atoms with Gasteiger partial charge in [0.05, 0.1) is 0 Å². The van der Waals surface area contributed by atoms with Crippen LogP contribution in [0.3, 0.4) is 0 Å². The molecule has 31 heavy (non-hydrogen) atoms. The van der Waals surface area contributed by atoms with Crippen LogP contribution in [0.2, 0.25) is 0 Å². The molecule has 9 nitrogen and oxygen atoms in total. The molecule has 0 bridgehead atoms. The van der Waals surface area contributed by atoms with Crippen LogP contribution >= 0.6 is 0 Å². The molecule has 0 atom stereocenters. The zero-order valence-electron chi connectivity index (χ0n) is 20.6. The van der Waals surface area contributed by atoms with E-state index < -0.39 is 59.0 Å². The van der Waals surface area contributed by atoms with Gasteiger partial charge >= 0.3 is 55.6 Å². The molecule has 0 aromatic rings. The second-order valence-corrected chi connectivity index (χ2v) is 8.80. The van der Waals surface area contributed by atoms with Crippen molar-refractivity contribution in [3.8, 4) is 0 Å². The van der Waals surface area contributed by atoms with E-state index in [1.54, 1.807) is 0 Å². The van der Waals surface area contributed by atoms with Gasteiger partial charge in [-0.3, -0.25) is 9.35 Å². The van der Waals surface area contributed by atoms with Crippen LogP contribution in [0.25, 0.3) is 0 Å². The molecule has 0 saturated heterocycles. The third kappa shape index (κ3) is 13.9. The molecule has 0 saturated carbocycles. The maximum absolute atomic E-state index is 12.9. The van der Waals surface area contributed by atoms with E-state index in [0.29, 0.717) is 6.42 Å². The Kier molecular flexibility index (Phi) is 16.4. The van der Waals surface area contributed by atoms with Crippen molar-refractivity contribution in [3.63, 3.8) is 0 Å². The summed E-state index contributed by atoms with van der Waals surface area (Å²) in [6.45, 7) is 10.4. The van der Waals surface area contributed by atoms with Gasteiger partial charge in [0.25, 0.3) is 10.1 Å². The Balaban J connectivity index is -0.00000140. The fraction of sp³-hybridized carbons (Fsp3) is 0.650. The van der Waals surface area contributed by atoms with Crippen molar-refractivity contribution in [1.29, 1.82) is 0 Å². The molecule has 1 N–H and O–H groups in total. The molecule has 0 rings (SSSR count). The minimum Gasteiger partial charge on any atom is -1.00 e. The van der Waals surface area contributed by atoms with Crippen LogP contribution in [0.4, 0.5) is 0 Å². The molecule has 0 aromatic heterocycles. The zero-order valence-corrected chi connectivity index (χ0v) is 21.6. The molecule has 0 fully saturated rings.